The number of carbonyl (C=O) groups is 1. The highest BCUT2D eigenvalue weighted by atomic mass is 35.5. The van der Waals surface area contributed by atoms with Gasteiger partial charge in [0.2, 0.25) is 5.79 Å². The molecule has 1 aliphatic carbocycles. The Morgan fingerprint density at radius 1 is 1.29 bits per heavy atom. The van der Waals surface area contributed by atoms with Gasteiger partial charge in [-0.3, -0.25) is 10.5 Å². The number of ketones is 1. The lowest BCUT2D eigenvalue weighted by Crippen LogP contribution is -2.43. The van der Waals surface area contributed by atoms with E-state index in [9.17, 15) is 9.18 Å². The molecule has 0 amide bonds. The molecule has 4 heteroatoms. The van der Waals surface area contributed by atoms with Crippen LogP contribution in [0.5, 0.6) is 0 Å². The van der Waals surface area contributed by atoms with Crippen molar-refractivity contribution in [1.29, 1.82) is 0 Å². The van der Waals surface area contributed by atoms with E-state index >= 15 is 0 Å². The van der Waals surface area contributed by atoms with Crippen LogP contribution in [0.25, 0.3) is 0 Å². The molecule has 2 rings (SSSR count). The van der Waals surface area contributed by atoms with Crippen molar-refractivity contribution in [1.82, 2.24) is 0 Å². The summed E-state index contributed by atoms with van der Waals surface area (Å²) in [4.78, 5) is 11.2. The first-order chi connectivity index (χ1) is 6.12. The minimum Gasteiger partial charge on any atom is -0.294 e. The molecule has 0 bridgehead atoms. The van der Waals surface area contributed by atoms with Crippen LogP contribution in [0, 0.1) is 0 Å². The van der Waals surface area contributed by atoms with Crippen molar-refractivity contribution in [2.75, 3.05) is 0 Å². The summed E-state index contributed by atoms with van der Waals surface area (Å²) < 4.78 is 13.7. The van der Waals surface area contributed by atoms with Crippen molar-refractivity contribution in [2.45, 2.75) is 18.6 Å². The quantitative estimate of drug-likeness (QED) is 0.670. The fourth-order valence-electron chi connectivity index (χ4n) is 1.67. The normalized spacial score (nSPS) is 25.1. The van der Waals surface area contributed by atoms with E-state index < -0.39 is 11.6 Å². The van der Waals surface area contributed by atoms with Crippen LogP contribution in [0.3, 0.4) is 0 Å². The Hall–Kier alpha value is -0.930. The summed E-state index contributed by atoms with van der Waals surface area (Å²) in [6, 6.07) is 6.90. The summed E-state index contributed by atoms with van der Waals surface area (Å²) in [6.07, 6.45) is 0.794. The molecule has 0 aliphatic heterocycles. The van der Waals surface area contributed by atoms with Crippen molar-refractivity contribution >= 4 is 18.2 Å². The molecule has 0 spiro atoms. The standard InChI is InChI=1S/C10H10FNO.ClH/c11-10(12)8-4-2-1-3-7(8)5-6-9(10)13;/h1-4H,5-6,12H2;1H. The number of halogens is 2. The maximum atomic E-state index is 13.7. The number of hydrogen-bond acceptors (Lipinski definition) is 2. The van der Waals surface area contributed by atoms with Crippen LogP contribution in [-0.4, -0.2) is 5.78 Å². The summed E-state index contributed by atoms with van der Waals surface area (Å²) in [5, 5.41) is 0. The van der Waals surface area contributed by atoms with Crippen LogP contribution < -0.4 is 5.73 Å². The lowest BCUT2D eigenvalue weighted by atomic mass is 9.85. The van der Waals surface area contributed by atoms with Gasteiger partial charge < -0.3 is 0 Å². The molecule has 0 heterocycles. The zero-order chi connectivity index (χ0) is 9.47. The number of benzene rings is 1. The molecule has 1 aromatic rings. The number of aryl methyl sites for hydroxylation is 1. The highest BCUT2D eigenvalue weighted by Gasteiger charge is 2.39. The largest absolute Gasteiger partial charge is 0.294 e. The van der Waals surface area contributed by atoms with E-state index in [-0.39, 0.29) is 18.8 Å². The highest BCUT2D eigenvalue weighted by Crippen LogP contribution is 2.31. The molecule has 1 aromatic carbocycles. The van der Waals surface area contributed by atoms with Crippen molar-refractivity contribution < 1.29 is 9.18 Å². The first-order valence-corrected chi connectivity index (χ1v) is 4.22. The first-order valence-electron chi connectivity index (χ1n) is 4.22. The summed E-state index contributed by atoms with van der Waals surface area (Å²) in [5.41, 5.74) is 6.48. The Morgan fingerprint density at radius 2 is 1.93 bits per heavy atom. The van der Waals surface area contributed by atoms with Crippen molar-refractivity contribution in [3.63, 3.8) is 0 Å². The Bertz CT molecular complexity index is 365. The van der Waals surface area contributed by atoms with Gasteiger partial charge in [0, 0.05) is 12.0 Å². The van der Waals surface area contributed by atoms with Crippen LogP contribution in [-0.2, 0) is 17.0 Å². The summed E-state index contributed by atoms with van der Waals surface area (Å²) >= 11 is 0. The van der Waals surface area contributed by atoms with Gasteiger partial charge >= 0.3 is 0 Å². The van der Waals surface area contributed by atoms with E-state index in [0.29, 0.717) is 12.0 Å². The molecule has 2 N–H and O–H groups in total. The van der Waals surface area contributed by atoms with Gasteiger partial charge in [0.15, 0.2) is 5.78 Å². The molecule has 1 atom stereocenters. The number of carbonyl (C=O) groups excluding carboxylic acids is 1. The number of Topliss-reactive ketones (excluding diaryl/α,β-unsaturated/α-hetero) is 1. The third-order valence-corrected chi connectivity index (χ3v) is 2.44. The molecule has 0 radical (unpaired) electrons. The van der Waals surface area contributed by atoms with Crippen LogP contribution in [0.15, 0.2) is 24.3 Å². The molecule has 76 valence electrons. The van der Waals surface area contributed by atoms with Crippen molar-refractivity contribution in [3.05, 3.63) is 35.4 Å². The molecule has 0 aromatic heterocycles. The number of hydrogen-bond donors (Lipinski definition) is 1. The van der Waals surface area contributed by atoms with Crippen LogP contribution in [0.1, 0.15) is 17.5 Å². The van der Waals surface area contributed by atoms with E-state index in [1.165, 1.54) is 0 Å². The molecule has 0 saturated carbocycles. The van der Waals surface area contributed by atoms with E-state index in [0.717, 1.165) is 5.56 Å². The van der Waals surface area contributed by atoms with Crippen LogP contribution in [0.4, 0.5) is 4.39 Å². The summed E-state index contributed by atoms with van der Waals surface area (Å²) in [5.74, 6) is -2.79. The minimum atomic E-state index is -2.27. The second-order valence-electron chi connectivity index (χ2n) is 3.29. The third kappa shape index (κ3) is 1.53. The lowest BCUT2D eigenvalue weighted by molar-refractivity contribution is -0.131. The molecule has 1 unspecified atom stereocenters. The highest BCUT2D eigenvalue weighted by molar-refractivity contribution is 5.89. The fraction of sp³-hybridized carbons (Fsp3) is 0.300. The van der Waals surface area contributed by atoms with Crippen LogP contribution >= 0.6 is 12.4 Å². The summed E-state index contributed by atoms with van der Waals surface area (Å²) in [6.45, 7) is 0. The van der Waals surface area contributed by atoms with Gasteiger partial charge in [-0.05, 0) is 12.0 Å². The van der Waals surface area contributed by atoms with E-state index in [1.54, 1.807) is 12.1 Å². The van der Waals surface area contributed by atoms with Gasteiger partial charge in [-0.2, -0.15) is 0 Å². The Kier molecular flexibility index (Phi) is 2.92. The number of fused-ring (bicyclic) bond motifs is 1. The van der Waals surface area contributed by atoms with Gasteiger partial charge in [0.25, 0.3) is 0 Å². The molecular formula is C10H11ClFNO. The smallest absolute Gasteiger partial charge is 0.243 e. The Labute approximate surface area is 87.7 Å². The second-order valence-corrected chi connectivity index (χ2v) is 3.29. The third-order valence-electron chi connectivity index (χ3n) is 2.44. The monoisotopic (exact) mass is 215 g/mol. The Morgan fingerprint density at radius 3 is 2.64 bits per heavy atom. The molecule has 0 fully saturated rings. The predicted molar refractivity (Wildman–Crippen MR) is 54.0 cm³/mol. The minimum absolute atomic E-state index is 0. The Balaban J connectivity index is 0.000000980. The lowest BCUT2D eigenvalue weighted by Gasteiger charge is -2.26. The van der Waals surface area contributed by atoms with Crippen LogP contribution in [0.2, 0.25) is 0 Å². The van der Waals surface area contributed by atoms with E-state index in [2.05, 4.69) is 0 Å². The van der Waals surface area contributed by atoms with Gasteiger partial charge in [-0.1, -0.05) is 24.3 Å². The van der Waals surface area contributed by atoms with E-state index in [1.807, 2.05) is 12.1 Å². The molecule has 1 aliphatic rings. The fourth-order valence-corrected chi connectivity index (χ4v) is 1.67. The molecule has 14 heavy (non-hydrogen) atoms. The topological polar surface area (TPSA) is 43.1 Å². The maximum absolute atomic E-state index is 13.7. The second kappa shape index (κ2) is 3.67. The zero-order valence-corrected chi connectivity index (χ0v) is 8.31. The average molecular weight is 216 g/mol. The van der Waals surface area contributed by atoms with Gasteiger partial charge in [0.1, 0.15) is 0 Å². The molecule has 2 nitrogen and oxygen atoms in total. The number of rotatable bonds is 0. The summed E-state index contributed by atoms with van der Waals surface area (Å²) in [7, 11) is 0. The SMILES string of the molecule is Cl.NC1(F)C(=O)CCc2ccccc21. The van der Waals surface area contributed by atoms with Gasteiger partial charge in [0.05, 0.1) is 0 Å². The predicted octanol–water partition coefficient (Wildman–Crippen LogP) is 1.70. The molecule has 0 saturated heterocycles. The van der Waals surface area contributed by atoms with Crippen molar-refractivity contribution in [2.24, 2.45) is 5.73 Å². The van der Waals surface area contributed by atoms with Gasteiger partial charge in [-0.25, -0.2) is 4.39 Å². The maximum Gasteiger partial charge on any atom is 0.243 e. The van der Waals surface area contributed by atoms with E-state index in [4.69, 9.17) is 5.73 Å². The first kappa shape index (κ1) is 11.1. The number of nitrogens with two attached hydrogens (primary N) is 1. The average Bonchev–Trinajstić information content (AvgIpc) is 2.13. The number of alkyl halides is 1. The zero-order valence-electron chi connectivity index (χ0n) is 7.50. The molecular weight excluding hydrogens is 205 g/mol. The van der Waals surface area contributed by atoms with Crippen molar-refractivity contribution in [3.8, 4) is 0 Å². The van der Waals surface area contributed by atoms with Gasteiger partial charge in [-0.15, -0.1) is 12.4 Å².